The molecule has 0 aliphatic carbocycles. The van der Waals surface area contributed by atoms with Gasteiger partial charge in [-0.3, -0.25) is 0 Å². The molecule has 4 aromatic rings. The maximum atomic E-state index is 11.6. The van der Waals surface area contributed by atoms with Gasteiger partial charge in [0.25, 0.3) is 5.52 Å². The van der Waals surface area contributed by atoms with E-state index < -0.39 is 27.2 Å². The van der Waals surface area contributed by atoms with Crippen molar-refractivity contribution in [3.05, 3.63) is 95.2 Å². The van der Waals surface area contributed by atoms with Gasteiger partial charge in [-0.1, -0.05) is 54.9 Å². The summed E-state index contributed by atoms with van der Waals surface area (Å²) in [6.07, 6.45) is 4.57. The number of oxazole rings is 1. The van der Waals surface area contributed by atoms with Crippen LogP contribution in [0.1, 0.15) is 25.7 Å². The van der Waals surface area contributed by atoms with Crippen LogP contribution in [0, 0.1) is 0 Å². The first-order valence-corrected chi connectivity index (χ1v) is 16.4. The number of hydrogen-bond donors (Lipinski definition) is 0. The molecule has 0 saturated carbocycles. The molecule has 0 radical (unpaired) electrons. The molecule has 1 unspecified atom stereocenters. The molecule has 0 N–H and O–H groups in total. The molecule has 2 heterocycles. The lowest BCUT2D eigenvalue weighted by atomic mass is 10.1. The number of fused-ring (bicyclic) bond motifs is 2. The highest BCUT2D eigenvalue weighted by Crippen LogP contribution is 2.41. The van der Waals surface area contributed by atoms with Crippen LogP contribution in [0.25, 0.3) is 28.3 Å². The molecule has 1 aromatic heterocycles. The third kappa shape index (κ3) is 7.71. The lowest BCUT2D eigenvalue weighted by Gasteiger charge is -2.19. The molecule has 1 aliphatic rings. The van der Waals surface area contributed by atoms with Crippen LogP contribution >= 0.6 is 11.6 Å². The summed E-state index contributed by atoms with van der Waals surface area (Å²) in [6.45, 7) is 2.25. The van der Waals surface area contributed by atoms with Crippen molar-refractivity contribution in [2.75, 3.05) is 23.8 Å². The molecule has 1 aliphatic heterocycles. The summed E-state index contributed by atoms with van der Waals surface area (Å²) in [5, 5.41) is 0.517. The van der Waals surface area contributed by atoms with E-state index in [2.05, 4.69) is 4.18 Å². The highest BCUT2D eigenvalue weighted by Gasteiger charge is 2.27. The average Bonchev–Trinajstić information content (AvgIpc) is 3.49. The van der Waals surface area contributed by atoms with E-state index in [1.807, 2.05) is 66.4 Å². The van der Waals surface area contributed by atoms with Crippen molar-refractivity contribution in [1.29, 1.82) is 0 Å². The third-order valence-electron chi connectivity index (χ3n) is 6.83. The number of hydrogen-bond acceptors (Lipinski definition) is 9. The summed E-state index contributed by atoms with van der Waals surface area (Å²) >= 11 is 3.64. The molecule has 5 rings (SSSR count). The molecule has 43 heavy (non-hydrogen) atoms. The zero-order chi connectivity index (χ0) is 30.6. The van der Waals surface area contributed by atoms with Crippen LogP contribution in [0.4, 0.5) is 5.69 Å². The SMILES string of the molecule is CCC(/C=C1\Oc2ccc(Cl)cc2N1CCCOS(=O)[O-])=C\c1oc2ccc(-c3ccccc3)cc2[n+]1CCS(=O)(=O)[O-]. The Kier molecular flexibility index (Phi) is 9.65. The van der Waals surface area contributed by atoms with Crippen LogP contribution < -0.4 is 14.2 Å². The summed E-state index contributed by atoms with van der Waals surface area (Å²) in [5.74, 6) is 0.847. The summed E-state index contributed by atoms with van der Waals surface area (Å²) < 4.78 is 75.0. The Morgan fingerprint density at radius 3 is 2.63 bits per heavy atom. The number of nitrogens with zero attached hydrogens (tertiary/aromatic N) is 2. The second kappa shape index (κ2) is 13.4. The van der Waals surface area contributed by atoms with Gasteiger partial charge in [0.1, 0.15) is 10.1 Å². The number of allylic oxidation sites excluding steroid dienone is 2. The zero-order valence-corrected chi connectivity index (χ0v) is 25.5. The van der Waals surface area contributed by atoms with Crippen LogP contribution in [0.2, 0.25) is 5.02 Å². The number of anilines is 1. The van der Waals surface area contributed by atoms with Crippen molar-refractivity contribution in [3.63, 3.8) is 0 Å². The van der Waals surface area contributed by atoms with E-state index in [0.717, 1.165) is 22.4 Å². The van der Waals surface area contributed by atoms with Gasteiger partial charge in [0.2, 0.25) is 11.5 Å². The number of ether oxygens (including phenoxy) is 1. The van der Waals surface area contributed by atoms with Gasteiger partial charge in [-0.2, -0.15) is 4.57 Å². The largest absolute Gasteiger partial charge is 0.750 e. The summed E-state index contributed by atoms with van der Waals surface area (Å²) in [4.78, 5) is 1.88. The monoisotopic (exact) mass is 643 g/mol. The van der Waals surface area contributed by atoms with Crippen LogP contribution in [0.5, 0.6) is 5.75 Å². The fraction of sp³-hybridized carbons (Fsp3) is 0.233. The maximum absolute atomic E-state index is 11.6. The Hall–Kier alpha value is -3.52. The average molecular weight is 644 g/mol. The van der Waals surface area contributed by atoms with Crippen LogP contribution in [-0.2, 0) is 32.2 Å². The van der Waals surface area contributed by atoms with E-state index in [4.69, 9.17) is 20.8 Å². The molecular weight excluding hydrogens is 616 g/mol. The first-order valence-electron chi connectivity index (χ1n) is 13.5. The van der Waals surface area contributed by atoms with Gasteiger partial charge in [0.05, 0.1) is 35.5 Å². The number of rotatable bonds is 12. The van der Waals surface area contributed by atoms with Crippen molar-refractivity contribution >= 4 is 55.9 Å². The van der Waals surface area contributed by atoms with Gasteiger partial charge in [0.15, 0.2) is 12.3 Å². The number of aromatic nitrogens is 1. The van der Waals surface area contributed by atoms with Gasteiger partial charge in [0, 0.05) is 23.7 Å². The lowest BCUT2D eigenvalue weighted by molar-refractivity contribution is -0.673. The number of benzene rings is 3. The highest BCUT2D eigenvalue weighted by molar-refractivity contribution is 7.85. The lowest BCUT2D eigenvalue weighted by Crippen LogP contribution is -2.38. The minimum absolute atomic E-state index is 0.00115. The molecule has 0 amide bonds. The van der Waals surface area contributed by atoms with E-state index >= 15 is 0 Å². The first kappa shape index (κ1) is 30.9. The smallest absolute Gasteiger partial charge is 0.374 e. The Labute approximate surface area is 257 Å². The van der Waals surface area contributed by atoms with Crippen molar-refractivity contribution in [3.8, 4) is 16.9 Å². The molecule has 3 aromatic carbocycles. The normalized spacial score (nSPS) is 15.2. The van der Waals surface area contributed by atoms with Crippen LogP contribution in [-0.4, -0.2) is 40.6 Å². The van der Waals surface area contributed by atoms with E-state index in [9.17, 15) is 21.7 Å². The predicted octanol–water partition coefficient (Wildman–Crippen LogP) is 5.32. The Morgan fingerprint density at radius 2 is 1.91 bits per heavy atom. The first-order chi connectivity index (χ1) is 20.6. The van der Waals surface area contributed by atoms with E-state index in [-0.39, 0.29) is 13.2 Å². The summed E-state index contributed by atoms with van der Waals surface area (Å²) in [6, 6.07) is 20.6. The molecule has 0 fully saturated rings. The summed E-state index contributed by atoms with van der Waals surface area (Å²) in [7, 11) is -4.49. The topological polar surface area (TPSA) is 136 Å². The predicted molar refractivity (Wildman–Crippen MR) is 162 cm³/mol. The van der Waals surface area contributed by atoms with Gasteiger partial charge in [-0.15, -0.1) is 0 Å². The third-order valence-corrected chi connectivity index (χ3v) is 8.10. The maximum Gasteiger partial charge on any atom is 0.374 e. The molecule has 1 atom stereocenters. The van der Waals surface area contributed by atoms with E-state index in [1.165, 1.54) is 0 Å². The minimum Gasteiger partial charge on any atom is -0.750 e. The van der Waals surface area contributed by atoms with E-state index in [1.54, 1.807) is 28.8 Å². The number of halogens is 1. The second-order valence-electron chi connectivity index (χ2n) is 9.70. The van der Waals surface area contributed by atoms with Crippen molar-refractivity contribution in [2.24, 2.45) is 0 Å². The fourth-order valence-corrected chi connectivity index (χ4v) is 5.60. The summed E-state index contributed by atoms with van der Waals surface area (Å²) in [5.41, 5.74) is 4.60. The van der Waals surface area contributed by atoms with Gasteiger partial charge < -0.3 is 27.3 Å². The molecule has 0 spiro atoms. The fourth-order valence-electron chi connectivity index (χ4n) is 4.78. The molecule has 0 bridgehead atoms. The van der Waals surface area contributed by atoms with E-state index in [0.29, 0.717) is 53.0 Å². The second-order valence-corrected chi connectivity index (χ2v) is 12.3. The molecular formula is C30H28ClN2O8S2-. The highest BCUT2D eigenvalue weighted by atomic mass is 35.5. The van der Waals surface area contributed by atoms with Gasteiger partial charge in [-0.25, -0.2) is 12.6 Å². The van der Waals surface area contributed by atoms with Crippen molar-refractivity contribution in [1.82, 2.24) is 0 Å². The zero-order valence-electron chi connectivity index (χ0n) is 23.1. The van der Waals surface area contributed by atoms with Crippen LogP contribution in [0.3, 0.4) is 0 Å². The molecule has 0 saturated heterocycles. The Balaban J connectivity index is 1.53. The van der Waals surface area contributed by atoms with Crippen molar-refractivity contribution in [2.45, 2.75) is 26.3 Å². The van der Waals surface area contributed by atoms with Gasteiger partial charge in [-0.05, 0) is 53.8 Å². The minimum atomic E-state index is -4.49. The molecule has 226 valence electrons. The van der Waals surface area contributed by atoms with Crippen molar-refractivity contribution < 1.29 is 39.6 Å². The van der Waals surface area contributed by atoms with Gasteiger partial charge >= 0.3 is 5.89 Å². The van der Waals surface area contributed by atoms with Crippen LogP contribution in [0.15, 0.2) is 88.7 Å². The standard InChI is InChI=1S/C30H29ClN2O8S2/c1-2-21(17-29-32(13-6-15-39-42(34)35)26-20-24(31)10-12-28(26)41-29)18-30-33(14-16-43(36,37)38)25-19-23(9-11-27(25)40-30)22-7-4-3-5-8-22/h3-5,7-12,17-20H,2,6,13-16H2,1H3,(H-,34,35,36,37,38)/p-1. The molecule has 13 heteroatoms. The molecule has 10 nitrogen and oxygen atoms in total. The Bertz CT molecular complexity index is 1820. The number of aryl methyl sites for hydroxylation is 1. The quantitative estimate of drug-likeness (QED) is 0.0869. The Morgan fingerprint density at radius 1 is 1.12 bits per heavy atom.